The van der Waals surface area contributed by atoms with Crippen LogP contribution < -0.4 is 11.1 Å². The number of hydrogen-bond donors (Lipinski definition) is 3. The Morgan fingerprint density at radius 1 is 1.16 bits per heavy atom. The van der Waals surface area contributed by atoms with Crippen LogP contribution in [0.5, 0.6) is 0 Å². The summed E-state index contributed by atoms with van der Waals surface area (Å²) in [6.45, 7) is 1.67. The molecule has 1 amide bonds. The van der Waals surface area contributed by atoms with Gasteiger partial charge in [0.25, 0.3) is 5.91 Å². The molecule has 0 saturated carbocycles. The fourth-order valence-electron chi connectivity index (χ4n) is 3.43. The van der Waals surface area contributed by atoms with Crippen molar-refractivity contribution < 1.29 is 19.1 Å². The summed E-state index contributed by atoms with van der Waals surface area (Å²) in [4.78, 5) is 28.6. The number of fused-ring (bicyclic) bond motifs is 1. The van der Waals surface area contributed by atoms with E-state index in [1.165, 1.54) is 10.6 Å². The first-order chi connectivity index (χ1) is 15.3. The SMILES string of the molecule is CC(N)c1cccc(-c2nc(C(=O)Nc3ccccc3CC(=O)O)c3cccn3n2)c1F. The van der Waals surface area contributed by atoms with E-state index in [4.69, 9.17) is 10.8 Å². The molecular weight excluding hydrogens is 413 g/mol. The van der Waals surface area contributed by atoms with Gasteiger partial charge in [-0.05, 0) is 36.8 Å². The molecule has 0 aliphatic rings. The van der Waals surface area contributed by atoms with Gasteiger partial charge in [0.2, 0.25) is 0 Å². The highest BCUT2D eigenvalue weighted by Crippen LogP contribution is 2.26. The Hall–Kier alpha value is -4.11. The van der Waals surface area contributed by atoms with E-state index in [0.717, 1.165) is 0 Å². The summed E-state index contributed by atoms with van der Waals surface area (Å²) in [7, 11) is 0. The van der Waals surface area contributed by atoms with Crippen LogP contribution in [0.4, 0.5) is 10.1 Å². The van der Waals surface area contributed by atoms with Crippen molar-refractivity contribution in [1.29, 1.82) is 0 Å². The Balaban J connectivity index is 1.78. The first kappa shape index (κ1) is 21.1. The number of nitrogens with zero attached hydrogens (tertiary/aromatic N) is 3. The molecule has 0 radical (unpaired) electrons. The second-order valence-corrected chi connectivity index (χ2v) is 7.30. The maximum Gasteiger partial charge on any atom is 0.307 e. The van der Waals surface area contributed by atoms with Crippen LogP contribution in [0, 0.1) is 5.82 Å². The molecule has 0 spiro atoms. The third-order valence-electron chi connectivity index (χ3n) is 4.97. The molecule has 2 heterocycles. The number of benzene rings is 2. The number of carbonyl (C=O) groups is 2. The van der Waals surface area contributed by atoms with Gasteiger partial charge in [0.05, 0.1) is 17.5 Å². The smallest absolute Gasteiger partial charge is 0.307 e. The van der Waals surface area contributed by atoms with Crippen LogP contribution in [0.1, 0.15) is 34.6 Å². The third kappa shape index (κ3) is 4.06. The van der Waals surface area contributed by atoms with Crippen LogP contribution in [0.3, 0.4) is 0 Å². The van der Waals surface area contributed by atoms with Crippen LogP contribution in [0.25, 0.3) is 16.9 Å². The summed E-state index contributed by atoms with van der Waals surface area (Å²) < 4.78 is 16.5. The second-order valence-electron chi connectivity index (χ2n) is 7.30. The Morgan fingerprint density at radius 2 is 1.94 bits per heavy atom. The van der Waals surface area contributed by atoms with Crippen molar-refractivity contribution in [2.45, 2.75) is 19.4 Å². The summed E-state index contributed by atoms with van der Waals surface area (Å²) in [5.41, 5.74) is 7.54. The minimum atomic E-state index is -1.02. The lowest BCUT2D eigenvalue weighted by atomic mass is 10.0. The molecule has 0 aliphatic carbocycles. The van der Waals surface area contributed by atoms with Gasteiger partial charge in [-0.2, -0.15) is 0 Å². The van der Waals surface area contributed by atoms with Crippen molar-refractivity contribution in [3.8, 4) is 11.4 Å². The van der Waals surface area contributed by atoms with E-state index in [2.05, 4.69) is 15.4 Å². The molecule has 0 fully saturated rings. The maximum absolute atomic E-state index is 15.1. The Morgan fingerprint density at radius 3 is 2.69 bits per heavy atom. The van der Waals surface area contributed by atoms with Crippen molar-refractivity contribution in [2.75, 3.05) is 5.32 Å². The van der Waals surface area contributed by atoms with E-state index in [1.54, 1.807) is 61.7 Å². The molecule has 0 aliphatic heterocycles. The fraction of sp³-hybridized carbons (Fsp3) is 0.130. The van der Waals surface area contributed by atoms with Gasteiger partial charge in [-0.25, -0.2) is 13.9 Å². The number of aromatic nitrogens is 3. The molecule has 4 aromatic rings. The minimum Gasteiger partial charge on any atom is -0.481 e. The van der Waals surface area contributed by atoms with Gasteiger partial charge >= 0.3 is 5.97 Å². The molecule has 8 nitrogen and oxygen atoms in total. The number of carboxylic acid groups (broad SMARTS) is 1. The number of para-hydroxylation sites is 1. The van der Waals surface area contributed by atoms with Crippen molar-refractivity contribution in [2.24, 2.45) is 5.73 Å². The summed E-state index contributed by atoms with van der Waals surface area (Å²) >= 11 is 0. The molecule has 2 aromatic carbocycles. The molecule has 0 bridgehead atoms. The lowest BCUT2D eigenvalue weighted by Gasteiger charge is -2.13. The van der Waals surface area contributed by atoms with Crippen molar-refractivity contribution in [3.05, 3.63) is 83.4 Å². The summed E-state index contributed by atoms with van der Waals surface area (Å²) in [5, 5.41) is 16.2. The largest absolute Gasteiger partial charge is 0.481 e. The molecule has 1 unspecified atom stereocenters. The number of nitrogens with two attached hydrogens (primary N) is 1. The van der Waals surface area contributed by atoms with E-state index in [0.29, 0.717) is 22.3 Å². The minimum absolute atomic E-state index is 0.0238. The third-order valence-corrected chi connectivity index (χ3v) is 4.97. The molecule has 2 aromatic heterocycles. The van der Waals surface area contributed by atoms with Crippen LogP contribution in [-0.4, -0.2) is 31.6 Å². The Bertz CT molecular complexity index is 1330. The van der Waals surface area contributed by atoms with Gasteiger partial charge in [0.1, 0.15) is 5.82 Å². The highest BCUT2D eigenvalue weighted by atomic mass is 19.1. The molecular formula is C23H20FN5O3. The van der Waals surface area contributed by atoms with E-state index >= 15 is 4.39 Å². The van der Waals surface area contributed by atoms with E-state index in [9.17, 15) is 9.59 Å². The van der Waals surface area contributed by atoms with Crippen LogP contribution in [0.15, 0.2) is 60.8 Å². The zero-order chi connectivity index (χ0) is 22.8. The number of amides is 1. The fourth-order valence-corrected chi connectivity index (χ4v) is 3.43. The highest BCUT2D eigenvalue weighted by Gasteiger charge is 2.21. The number of nitrogens with one attached hydrogen (secondary N) is 1. The molecule has 0 saturated heterocycles. The highest BCUT2D eigenvalue weighted by molar-refractivity contribution is 6.08. The number of carbonyl (C=O) groups excluding carboxylic acids is 1. The van der Waals surface area contributed by atoms with Crippen molar-refractivity contribution in [1.82, 2.24) is 14.6 Å². The van der Waals surface area contributed by atoms with E-state index in [1.807, 2.05) is 0 Å². The lowest BCUT2D eigenvalue weighted by Crippen LogP contribution is -2.18. The number of anilines is 1. The number of carboxylic acids is 1. The van der Waals surface area contributed by atoms with Gasteiger partial charge in [-0.1, -0.05) is 30.3 Å². The number of halogens is 1. The molecule has 1 atom stereocenters. The van der Waals surface area contributed by atoms with Gasteiger partial charge in [0, 0.05) is 23.5 Å². The predicted molar refractivity (Wildman–Crippen MR) is 117 cm³/mol. The monoisotopic (exact) mass is 433 g/mol. The first-order valence-corrected chi connectivity index (χ1v) is 9.86. The Kier molecular flexibility index (Phi) is 5.65. The Labute approximate surface area is 182 Å². The average Bonchev–Trinajstić information content (AvgIpc) is 3.22. The summed E-state index contributed by atoms with van der Waals surface area (Å²) in [5.74, 6) is -2.11. The molecule has 4 N–H and O–H groups in total. The lowest BCUT2D eigenvalue weighted by molar-refractivity contribution is -0.136. The van der Waals surface area contributed by atoms with Crippen LogP contribution in [-0.2, 0) is 11.2 Å². The maximum atomic E-state index is 15.1. The van der Waals surface area contributed by atoms with Gasteiger partial charge in [-0.3, -0.25) is 9.59 Å². The quantitative estimate of drug-likeness (QED) is 0.428. The van der Waals surface area contributed by atoms with Crippen molar-refractivity contribution in [3.63, 3.8) is 0 Å². The normalized spacial score (nSPS) is 12.0. The predicted octanol–water partition coefficient (Wildman–Crippen LogP) is 3.43. The standard InChI is InChI=1S/C23H20FN5O3/c1-13(25)15-7-4-8-16(20(15)24)22-27-21(18-10-5-11-29(18)28-22)23(32)26-17-9-3-2-6-14(17)12-19(30)31/h2-11,13H,12,25H2,1H3,(H,26,32)(H,30,31). The van der Waals surface area contributed by atoms with E-state index in [-0.39, 0.29) is 23.5 Å². The zero-order valence-corrected chi connectivity index (χ0v) is 17.1. The second kappa shape index (κ2) is 8.56. The summed E-state index contributed by atoms with van der Waals surface area (Å²) in [6.07, 6.45) is 1.38. The molecule has 162 valence electrons. The molecule has 4 rings (SSSR count). The number of aliphatic carboxylic acids is 1. The van der Waals surface area contributed by atoms with Gasteiger partial charge < -0.3 is 16.2 Å². The number of rotatable bonds is 6. The average molecular weight is 433 g/mol. The van der Waals surface area contributed by atoms with Gasteiger partial charge in [-0.15, -0.1) is 5.10 Å². The number of hydrogen-bond acceptors (Lipinski definition) is 5. The zero-order valence-electron chi connectivity index (χ0n) is 17.1. The van der Waals surface area contributed by atoms with Crippen molar-refractivity contribution >= 4 is 23.1 Å². The van der Waals surface area contributed by atoms with Crippen LogP contribution >= 0.6 is 0 Å². The summed E-state index contributed by atoms with van der Waals surface area (Å²) in [6, 6.07) is 14.2. The van der Waals surface area contributed by atoms with Gasteiger partial charge in [0.15, 0.2) is 11.5 Å². The molecule has 32 heavy (non-hydrogen) atoms. The topological polar surface area (TPSA) is 123 Å². The van der Waals surface area contributed by atoms with Crippen LogP contribution in [0.2, 0.25) is 0 Å². The van der Waals surface area contributed by atoms with E-state index < -0.39 is 23.7 Å². The molecule has 9 heteroatoms. The first-order valence-electron chi connectivity index (χ1n) is 9.86.